The molecule has 1 aliphatic rings. The zero-order valence-corrected chi connectivity index (χ0v) is 22.7. The predicted octanol–water partition coefficient (Wildman–Crippen LogP) is 5.17. The Bertz CT molecular complexity index is 1310. The molecular formula is C31H37N3O4. The molecule has 1 N–H and O–H groups in total. The lowest BCUT2D eigenvalue weighted by molar-refractivity contribution is -0.141. The van der Waals surface area contributed by atoms with E-state index in [1.807, 2.05) is 81.4 Å². The number of ether oxygens (including phenoxy) is 1. The predicted molar refractivity (Wildman–Crippen MR) is 150 cm³/mol. The van der Waals surface area contributed by atoms with Gasteiger partial charge in [0, 0.05) is 37.0 Å². The van der Waals surface area contributed by atoms with Crippen molar-refractivity contribution in [3.63, 3.8) is 0 Å². The van der Waals surface area contributed by atoms with Crippen molar-refractivity contribution in [1.29, 1.82) is 0 Å². The van der Waals surface area contributed by atoms with Crippen molar-refractivity contribution in [2.24, 2.45) is 5.92 Å². The first-order valence-corrected chi connectivity index (χ1v) is 13.4. The molecule has 1 atom stereocenters. The minimum absolute atomic E-state index is 0.0306. The number of benzene rings is 3. The van der Waals surface area contributed by atoms with E-state index in [9.17, 15) is 14.4 Å². The second kappa shape index (κ2) is 12.1. The first-order valence-electron chi connectivity index (χ1n) is 13.4. The second-order valence-corrected chi connectivity index (χ2v) is 10.2. The summed E-state index contributed by atoms with van der Waals surface area (Å²) in [4.78, 5) is 43.3. The van der Waals surface area contributed by atoms with E-state index in [0.29, 0.717) is 49.7 Å². The number of nitrogens with zero attached hydrogens (tertiary/aromatic N) is 2. The lowest BCUT2D eigenvalue weighted by Crippen LogP contribution is -2.49. The van der Waals surface area contributed by atoms with Gasteiger partial charge in [-0.15, -0.1) is 0 Å². The van der Waals surface area contributed by atoms with Crippen molar-refractivity contribution in [3.05, 3.63) is 71.8 Å². The molecule has 0 fully saturated rings. The summed E-state index contributed by atoms with van der Waals surface area (Å²) < 4.78 is 5.36. The van der Waals surface area contributed by atoms with Crippen molar-refractivity contribution in [3.8, 4) is 5.75 Å². The Morgan fingerprint density at radius 3 is 2.50 bits per heavy atom. The molecular weight excluding hydrogens is 478 g/mol. The minimum atomic E-state index is -0.584. The molecule has 7 nitrogen and oxygen atoms in total. The zero-order chi connectivity index (χ0) is 27.2. The summed E-state index contributed by atoms with van der Waals surface area (Å²) in [7, 11) is 1.61. The van der Waals surface area contributed by atoms with Gasteiger partial charge in [-0.05, 0) is 54.0 Å². The number of rotatable bonds is 12. The van der Waals surface area contributed by atoms with Gasteiger partial charge in [0.15, 0.2) is 0 Å². The van der Waals surface area contributed by atoms with E-state index >= 15 is 0 Å². The number of carbonyl (C=O) groups excluding carboxylic acids is 3. The molecule has 200 valence electrons. The largest absolute Gasteiger partial charge is 0.497 e. The summed E-state index contributed by atoms with van der Waals surface area (Å²) in [5.74, 6) is 0.729. The third-order valence-electron chi connectivity index (χ3n) is 6.98. The van der Waals surface area contributed by atoms with Gasteiger partial charge in [0.25, 0.3) is 5.91 Å². The van der Waals surface area contributed by atoms with Gasteiger partial charge in [-0.2, -0.15) is 0 Å². The fourth-order valence-corrected chi connectivity index (χ4v) is 5.04. The van der Waals surface area contributed by atoms with E-state index in [0.717, 1.165) is 22.0 Å². The smallest absolute Gasteiger partial charge is 0.258 e. The zero-order valence-electron chi connectivity index (χ0n) is 22.7. The number of hydrogen-bond donors (Lipinski definition) is 1. The third kappa shape index (κ3) is 5.82. The summed E-state index contributed by atoms with van der Waals surface area (Å²) in [5, 5.41) is 5.00. The molecule has 3 aromatic rings. The Balaban J connectivity index is 1.49. The summed E-state index contributed by atoms with van der Waals surface area (Å²) in [5.41, 5.74) is 2.49. The number of nitrogens with one attached hydrogen (secondary N) is 1. The fourth-order valence-electron chi connectivity index (χ4n) is 5.04. The highest BCUT2D eigenvalue weighted by Gasteiger charge is 2.31. The molecule has 0 radical (unpaired) electrons. The normalized spacial score (nSPS) is 13.2. The Labute approximate surface area is 224 Å². The van der Waals surface area contributed by atoms with E-state index in [2.05, 4.69) is 5.32 Å². The van der Waals surface area contributed by atoms with Crippen LogP contribution in [0.3, 0.4) is 0 Å². The van der Waals surface area contributed by atoms with Crippen LogP contribution in [0.1, 0.15) is 56.0 Å². The lowest BCUT2D eigenvalue weighted by Gasteiger charge is -2.31. The quantitative estimate of drug-likeness (QED) is 0.361. The molecule has 0 aliphatic carbocycles. The van der Waals surface area contributed by atoms with E-state index in [-0.39, 0.29) is 24.1 Å². The Hall–Kier alpha value is -3.87. The van der Waals surface area contributed by atoms with Crippen molar-refractivity contribution < 1.29 is 19.1 Å². The average Bonchev–Trinajstić information content (AvgIpc) is 3.19. The topological polar surface area (TPSA) is 79.0 Å². The molecule has 0 bridgehead atoms. The van der Waals surface area contributed by atoms with Crippen LogP contribution in [0, 0.1) is 5.92 Å². The molecule has 0 saturated heterocycles. The monoisotopic (exact) mass is 515 g/mol. The summed E-state index contributed by atoms with van der Waals surface area (Å²) >= 11 is 0. The highest BCUT2D eigenvalue weighted by atomic mass is 16.5. The van der Waals surface area contributed by atoms with Gasteiger partial charge in [-0.25, -0.2) is 0 Å². The van der Waals surface area contributed by atoms with Crippen LogP contribution in [-0.4, -0.2) is 48.9 Å². The molecule has 1 aliphatic heterocycles. The van der Waals surface area contributed by atoms with Crippen LogP contribution >= 0.6 is 0 Å². The Kier molecular flexibility index (Phi) is 8.66. The molecule has 0 saturated carbocycles. The van der Waals surface area contributed by atoms with E-state index < -0.39 is 6.04 Å². The van der Waals surface area contributed by atoms with Gasteiger partial charge in [0.05, 0.1) is 12.8 Å². The number of carbonyl (C=O) groups is 3. The van der Waals surface area contributed by atoms with Crippen LogP contribution < -0.4 is 15.0 Å². The summed E-state index contributed by atoms with van der Waals surface area (Å²) in [6, 6.07) is 18.7. The maximum Gasteiger partial charge on any atom is 0.258 e. The van der Waals surface area contributed by atoms with Gasteiger partial charge >= 0.3 is 0 Å². The summed E-state index contributed by atoms with van der Waals surface area (Å²) in [6.45, 7) is 7.29. The second-order valence-electron chi connectivity index (χ2n) is 10.2. The highest BCUT2D eigenvalue weighted by molar-refractivity contribution is 6.25. The van der Waals surface area contributed by atoms with E-state index in [1.54, 1.807) is 16.9 Å². The number of methoxy groups -OCH3 is 1. The Morgan fingerprint density at radius 2 is 1.79 bits per heavy atom. The lowest BCUT2D eigenvalue weighted by atomic mass is 10.1. The third-order valence-corrected chi connectivity index (χ3v) is 6.98. The van der Waals surface area contributed by atoms with Crippen LogP contribution in [0.2, 0.25) is 0 Å². The standard InChI is InChI=1S/C31H37N3O4/c1-5-26(30(36)32-19-21(2)3)34(20-22-10-6-13-24(18-22)38-4)28(35)16-9-17-33-27-15-8-12-23-11-7-14-25(29(23)27)31(33)37/h6-8,10-15,18,21,26H,5,9,16-17,19-20H2,1-4H3,(H,32,36)/t26-/m0/s1. The summed E-state index contributed by atoms with van der Waals surface area (Å²) in [6.07, 6.45) is 1.23. The van der Waals surface area contributed by atoms with Crippen molar-refractivity contribution in [2.75, 3.05) is 25.1 Å². The molecule has 3 aromatic carbocycles. The van der Waals surface area contributed by atoms with E-state index in [1.165, 1.54) is 0 Å². The first kappa shape index (κ1) is 27.2. The van der Waals surface area contributed by atoms with Gasteiger partial charge in [-0.3, -0.25) is 14.4 Å². The molecule has 0 aromatic heterocycles. The highest BCUT2D eigenvalue weighted by Crippen LogP contribution is 2.37. The number of amides is 3. The fraction of sp³-hybridized carbons (Fsp3) is 0.387. The van der Waals surface area contributed by atoms with Crippen LogP contribution in [0.5, 0.6) is 5.75 Å². The van der Waals surface area contributed by atoms with Crippen molar-refractivity contribution in [1.82, 2.24) is 10.2 Å². The maximum absolute atomic E-state index is 13.6. The molecule has 0 spiro atoms. The van der Waals surface area contributed by atoms with Crippen molar-refractivity contribution in [2.45, 2.75) is 52.6 Å². The van der Waals surface area contributed by atoms with Crippen LogP contribution in [0.15, 0.2) is 60.7 Å². The molecule has 1 heterocycles. The SMILES string of the molecule is CC[C@@H](C(=O)NCC(C)C)N(Cc1cccc(OC)c1)C(=O)CCCN1C(=O)c2cccc3cccc1c23. The van der Waals surface area contributed by atoms with Gasteiger partial charge in [-0.1, -0.05) is 57.2 Å². The molecule has 3 amide bonds. The molecule has 4 rings (SSSR count). The number of hydrogen-bond acceptors (Lipinski definition) is 4. The number of anilines is 1. The van der Waals surface area contributed by atoms with Crippen LogP contribution in [0.4, 0.5) is 5.69 Å². The van der Waals surface area contributed by atoms with Crippen LogP contribution in [-0.2, 0) is 16.1 Å². The molecule has 38 heavy (non-hydrogen) atoms. The van der Waals surface area contributed by atoms with Crippen molar-refractivity contribution >= 4 is 34.2 Å². The van der Waals surface area contributed by atoms with E-state index in [4.69, 9.17) is 4.74 Å². The van der Waals surface area contributed by atoms with Crippen LogP contribution in [0.25, 0.3) is 10.8 Å². The van der Waals surface area contributed by atoms with Gasteiger partial charge in [0.1, 0.15) is 11.8 Å². The molecule has 7 heteroatoms. The van der Waals surface area contributed by atoms with Gasteiger partial charge < -0.3 is 19.9 Å². The first-order chi connectivity index (χ1) is 18.3. The minimum Gasteiger partial charge on any atom is -0.497 e. The van der Waals surface area contributed by atoms with Gasteiger partial charge in [0.2, 0.25) is 11.8 Å². The average molecular weight is 516 g/mol. The molecule has 0 unspecified atom stereocenters. The Morgan fingerprint density at radius 1 is 1.05 bits per heavy atom. The maximum atomic E-state index is 13.6.